The van der Waals surface area contributed by atoms with E-state index in [4.69, 9.17) is 4.74 Å². The SMILES string of the molecule is O=C(O[C@@H]1CC[N+]2(CCCCC2)C1)[C@](O)(c1ccccc1)[C@@H]1CCC(F)(F)C1. The van der Waals surface area contributed by atoms with E-state index >= 15 is 0 Å². The summed E-state index contributed by atoms with van der Waals surface area (Å²) in [4.78, 5) is 13.2. The Morgan fingerprint density at radius 3 is 2.46 bits per heavy atom. The lowest BCUT2D eigenvalue weighted by Gasteiger charge is -2.38. The third kappa shape index (κ3) is 3.69. The van der Waals surface area contributed by atoms with Gasteiger partial charge in [-0.1, -0.05) is 30.3 Å². The van der Waals surface area contributed by atoms with E-state index in [2.05, 4.69) is 0 Å². The van der Waals surface area contributed by atoms with Crippen LogP contribution in [0.25, 0.3) is 0 Å². The molecule has 4 rings (SSSR count). The van der Waals surface area contributed by atoms with Gasteiger partial charge in [0.25, 0.3) is 0 Å². The Morgan fingerprint density at radius 2 is 1.82 bits per heavy atom. The van der Waals surface area contributed by atoms with Crippen molar-refractivity contribution in [2.24, 2.45) is 5.92 Å². The van der Waals surface area contributed by atoms with E-state index in [9.17, 15) is 18.7 Å². The van der Waals surface area contributed by atoms with Crippen molar-refractivity contribution in [3.05, 3.63) is 35.9 Å². The van der Waals surface area contributed by atoms with Gasteiger partial charge in [-0.2, -0.15) is 0 Å². The van der Waals surface area contributed by atoms with Crippen molar-refractivity contribution in [3.63, 3.8) is 0 Å². The molecule has 2 saturated heterocycles. The van der Waals surface area contributed by atoms with Gasteiger partial charge < -0.3 is 14.3 Å². The number of piperidine rings is 1. The third-order valence-electron chi connectivity index (χ3n) is 7.07. The largest absolute Gasteiger partial charge is 0.454 e. The number of benzene rings is 1. The molecule has 4 nitrogen and oxygen atoms in total. The predicted octanol–water partition coefficient (Wildman–Crippen LogP) is 3.63. The molecule has 0 amide bonds. The first kappa shape index (κ1) is 19.8. The maximum atomic E-state index is 13.9. The minimum absolute atomic E-state index is 0.109. The van der Waals surface area contributed by atoms with E-state index in [1.807, 2.05) is 0 Å². The third-order valence-corrected chi connectivity index (χ3v) is 7.07. The molecule has 0 radical (unpaired) electrons. The molecule has 1 aliphatic carbocycles. The molecule has 1 aromatic carbocycles. The Morgan fingerprint density at radius 1 is 1.11 bits per heavy atom. The van der Waals surface area contributed by atoms with Crippen LogP contribution in [-0.2, 0) is 15.1 Å². The van der Waals surface area contributed by atoms with Crippen LogP contribution in [0.3, 0.4) is 0 Å². The molecule has 3 fully saturated rings. The lowest BCUT2D eigenvalue weighted by Crippen LogP contribution is -2.51. The number of halogens is 2. The van der Waals surface area contributed by atoms with E-state index in [-0.39, 0.29) is 18.9 Å². The number of nitrogens with zero attached hydrogens (tertiary/aromatic N) is 1. The van der Waals surface area contributed by atoms with Crippen LogP contribution in [0.2, 0.25) is 0 Å². The van der Waals surface area contributed by atoms with Crippen molar-refractivity contribution >= 4 is 5.97 Å². The molecule has 1 saturated carbocycles. The summed E-state index contributed by atoms with van der Waals surface area (Å²) in [5, 5.41) is 11.4. The quantitative estimate of drug-likeness (QED) is 0.627. The molecule has 3 aliphatic rings. The normalized spacial score (nSPS) is 30.8. The number of hydrogen-bond acceptors (Lipinski definition) is 3. The molecule has 2 aliphatic heterocycles. The second kappa shape index (κ2) is 7.38. The zero-order valence-corrected chi connectivity index (χ0v) is 16.3. The van der Waals surface area contributed by atoms with Crippen LogP contribution in [0.1, 0.15) is 50.5 Å². The molecule has 6 heteroatoms. The highest BCUT2D eigenvalue weighted by atomic mass is 19.3. The smallest absolute Gasteiger partial charge is 0.343 e. The maximum absolute atomic E-state index is 13.9. The molecule has 28 heavy (non-hydrogen) atoms. The van der Waals surface area contributed by atoms with Crippen molar-refractivity contribution in [1.82, 2.24) is 0 Å². The second-order valence-electron chi connectivity index (χ2n) is 9.00. The summed E-state index contributed by atoms with van der Waals surface area (Å²) in [5.41, 5.74) is -1.67. The predicted molar refractivity (Wildman–Crippen MR) is 101 cm³/mol. The number of quaternary nitrogens is 1. The number of ether oxygens (including phenoxy) is 1. The van der Waals surface area contributed by atoms with E-state index in [1.54, 1.807) is 30.3 Å². The zero-order chi connectivity index (χ0) is 19.8. The first-order valence-electron chi connectivity index (χ1n) is 10.5. The molecular weight excluding hydrogens is 364 g/mol. The number of rotatable bonds is 4. The Balaban J connectivity index is 1.53. The Bertz CT molecular complexity index is 705. The summed E-state index contributed by atoms with van der Waals surface area (Å²) >= 11 is 0. The maximum Gasteiger partial charge on any atom is 0.343 e. The molecular formula is C22H30F2NO3+. The first-order chi connectivity index (χ1) is 13.3. The number of carbonyl (C=O) groups excluding carboxylic acids is 1. The zero-order valence-electron chi connectivity index (χ0n) is 16.3. The topological polar surface area (TPSA) is 46.5 Å². The average Bonchev–Trinajstić information content (AvgIpc) is 3.25. The number of carbonyl (C=O) groups is 1. The van der Waals surface area contributed by atoms with E-state index in [0.29, 0.717) is 5.56 Å². The van der Waals surface area contributed by atoms with E-state index in [1.165, 1.54) is 19.3 Å². The van der Waals surface area contributed by atoms with Gasteiger partial charge in [0.1, 0.15) is 6.54 Å². The van der Waals surface area contributed by atoms with Gasteiger partial charge in [-0.3, -0.25) is 0 Å². The van der Waals surface area contributed by atoms with E-state index < -0.39 is 29.8 Å². The van der Waals surface area contributed by atoms with Gasteiger partial charge in [0.2, 0.25) is 5.92 Å². The summed E-state index contributed by atoms with van der Waals surface area (Å²) in [7, 11) is 0. The molecule has 1 aromatic rings. The summed E-state index contributed by atoms with van der Waals surface area (Å²) in [6, 6.07) is 8.46. The lowest BCUT2D eigenvalue weighted by molar-refractivity contribution is -0.922. The fraction of sp³-hybridized carbons (Fsp3) is 0.682. The molecule has 3 atom stereocenters. The second-order valence-corrected chi connectivity index (χ2v) is 9.00. The molecule has 0 bridgehead atoms. The number of hydrogen-bond donors (Lipinski definition) is 1. The summed E-state index contributed by atoms with van der Waals surface area (Å²) < 4.78 is 34.5. The van der Waals surface area contributed by atoms with Crippen LogP contribution in [0.4, 0.5) is 8.78 Å². The first-order valence-corrected chi connectivity index (χ1v) is 10.5. The fourth-order valence-corrected chi connectivity index (χ4v) is 5.48. The van der Waals surface area contributed by atoms with E-state index in [0.717, 1.165) is 37.1 Å². The number of alkyl halides is 2. The van der Waals surface area contributed by atoms with Crippen LogP contribution < -0.4 is 0 Å². The fourth-order valence-electron chi connectivity index (χ4n) is 5.48. The van der Waals surface area contributed by atoms with Crippen LogP contribution in [0.5, 0.6) is 0 Å². The van der Waals surface area contributed by atoms with Crippen molar-refractivity contribution in [2.45, 2.75) is 62.6 Å². The van der Waals surface area contributed by atoms with Crippen molar-refractivity contribution in [2.75, 3.05) is 26.2 Å². The van der Waals surface area contributed by atoms with Gasteiger partial charge in [0.15, 0.2) is 11.7 Å². The van der Waals surface area contributed by atoms with Gasteiger partial charge in [-0.25, -0.2) is 13.6 Å². The van der Waals surface area contributed by atoms with Crippen molar-refractivity contribution in [3.8, 4) is 0 Å². The van der Waals surface area contributed by atoms with Crippen LogP contribution in [0, 0.1) is 5.92 Å². The van der Waals surface area contributed by atoms with Gasteiger partial charge in [0, 0.05) is 25.2 Å². The Kier molecular flexibility index (Phi) is 5.21. The molecule has 1 spiro atoms. The summed E-state index contributed by atoms with van der Waals surface area (Å²) in [6.45, 7) is 4.00. The monoisotopic (exact) mass is 394 g/mol. The molecule has 0 aromatic heterocycles. The highest BCUT2D eigenvalue weighted by Gasteiger charge is 2.55. The van der Waals surface area contributed by atoms with Gasteiger partial charge in [-0.05, 0) is 31.2 Å². The van der Waals surface area contributed by atoms with Crippen molar-refractivity contribution < 1.29 is 27.9 Å². The van der Waals surface area contributed by atoms with Gasteiger partial charge >= 0.3 is 5.97 Å². The minimum Gasteiger partial charge on any atom is -0.454 e. The average molecular weight is 394 g/mol. The molecule has 2 heterocycles. The van der Waals surface area contributed by atoms with Crippen LogP contribution in [0.15, 0.2) is 30.3 Å². The minimum atomic E-state index is -2.84. The molecule has 0 unspecified atom stereocenters. The highest BCUT2D eigenvalue weighted by molar-refractivity contribution is 5.82. The van der Waals surface area contributed by atoms with Gasteiger partial charge in [0.05, 0.1) is 19.6 Å². The summed E-state index contributed by atoms with van der Waals surface area (Å²) in [5.74, 6) is -4.44. The standard InChI is InChI=1S/C22H30F2NO3/c23-21(24)11-9-18(15-21)22(27,17-7-3-1-4-8-17)20(26)28-19-10-14-25(16-19)12-5-2-6-13-25/h1,3-4,7-8,18-19,27H,2,5-6,9-16H2/q+1/t18-,19-,22+/m1/s1. The van der Waals surface area contributed by atoms with Crippen LogP contribution >= 0.6 is 0 Å². The van der Waals surface area contributed by atoms with Crippen LogP contribution in [-0.4, -0.2) is 53.8 Å². The van der Waals surface area contributed by atoms with Crippen molar-refractivity contribution in [1.29, 1.82) is 0 Å². The van der Waals surface area contributed by atoms with Gasteiger partial charge in [-0.15, -0.1) is 0 Å². The molecule has 1 N–H and O–H groups in total. The number of aliphatic hydroxyl groups is 1. The Labute approximate surface area is 165 Å². The highest BCUT2D eigenvalue weighted by Crippen LogP contribution is 2.48. The lowest BCUT2D eigenvalue weighted by atomic mass is 9.80. The Hall–Kier alpha value is -1.53. The molecule has 154 valence electrons. The summed E-state index contributed by atoms with van der Waals surface area (Å²) in [6.07, 6.45) is 3.51. The number of esters is 1.